The predicted octanol–water partition coefficient (Wildman–Crippen LogP) is 3.38. The van der Waals surface area contributed by atoms with Gasteiger partial charge in [-0.15, -0.1) is 11.3 Å². The Morgan fingerprint density at radius 1 is 1.36 bits per heavy atom. The number of carboxylic acids is 1. The molecule has 0 aliphatic carbocycles. The van der Waals surface area contributed by atoms with Crippen LogP contribution in [0.15, 0.2) is 30.3 Å². The minimum atomic E-state index is -1.13. The number of anilines is 1. The summed E-state index contributed by atoms with van der Waals surface area (Å²) in [5, 5.41) is 20.7. The highest BCUT2D eigenvalue weighted by molar-refractivity contribution is 7.18. The quantitative estimate of drug-likeness (QED) is 0.900. The Kier molecular flexibility index (Phi) is 4.76. The monoisotopic (exact) mass is 316 g/mol. The summed E-state index contributed by atoms with van der Waals surface area (Å²) in [6, 6.07) is 11.0. The number of rotatable bonds is 4. The summed E-state index contributed by atoms with van der Waals surface area (Å²) in [7, 11) is 0. The van der Waals surface area contributed by atoms with Crippen LogP contribution in [0.4, 0.5) is 9.80 Å². The Hall–Kier alpha value is -2.85. The van der Waals surface area contributed by atoms with Crippen LogP contribution < -0.4 is 5.32 Å². The topological polar surface area (TPSA) is 99.4 Å². The summed E-state index contributed by atoms with van der Waals surface area (Å²) in [5.41, 5.74) is 1.30. The normalized spacial score (nSPS) is 9.82. The number of nitriles is 1. The third-order valence-corrected chi connectivity index (χ3v) is 4.08. The van der Waals surface area contributed by atoms with Crippen molar-refractivity contribution in [1.82, 2.24) is 0 Å². The molecule has 0 aliphatic heterocycles. The Bertz CT molecular complexity index is 747. The van der Waals surface area contributed by atoms with E-state index in [1.54, 1.807) is 0 Å². The van der Waals surface area contributed by atoms with Crippen LogP contribution in [0.3, 0.4) is 0 Å². The smallest absolute Gasteiger partial charge is 0.412 e. The molecule has 0 radical (unpaired) electrons. The molecule has 2 N–H and O–H groups in total. The van der Waals surface area contributed by atoms with Crippen LogP contribution >= 0.6 is 11.3 Å². The summed E-state index contributed by atoms with van der Waals surface area (Å²) in [6.07, 6.45) is -0.737. The number of thiophene rings is 1. The Morgan fingerprint density at radius 3 is 2.64 bits per heavy atom. The van der Waals surface area contributed by atoms with E-state index >= 15 is 0 Å². The van der Waals surface area contributed by atoms with E-state index in [1.807, 2.05) is 36.4 Å². The van der Waals surface area contributed by atoms with Crippen LogP contribution in [0.1, 0.15) is 26.4 Å². The van der Waals surface area contributed by atoms with Crippen LogP contribution in [0.25, 0.3) is 0 Å². The first-order chi connectivity index (χ1) is 10.5. The van der Waals surface area contributed by atoms with E-state index in [-0.39, 0.29) is 22.0 Å². The number of amides is 1. The molecule has 22 heavy (non-hydrogen) atoms. The zero-order chi connectivity index (χ0) is 16.1. The summed E-state index contributed by atoms with van der Waals surface area (Å²) in [6.45, 7) is 1.61. The molecule has 2 rings (SSSR count). The number of aromatic carboxylic acids is 1. The molecule has 112 valence electrons. The van der Waals surface area contributed by atoms with Crippen molar-refractivity contribution >= 4 is 28.4 Å². The summed E-state index contributed by atoms with van der Waals surface area (Å²) >= 11 is 0.835. The fourth-order valence-electron chi connectivity index (χ4n) is 1.79. The van der Waals surface area contributed by atoms with E-state index in [0.717, 1.165) is 16.9 Å². The second kappa shape index (κ2) is 6.74. The van der Waals surface area contributed by atoms with Gasteiger partial charge in [-0.3, -0.25) is 5.32 Å². The lowest BCUT2D eigenvalue weighted by molar-refractivity contribution is 0.0701. The van der Waals surface area contributed by atoms with Crippen molar-refractivity contribution < 1.29 is 19.4 Å². The molecular formula is C15H12N2O4S. The second-order valence-electron chi connectivity index (χ2n) is 4.36. The first-order valence-corrected chi connectivity index (χ1v) is 7.09. The van der Waals surface area contributed by atoms with Crippen molar-refractivity contribution in [2.75, 3.05) is 5.32 Å². The van der Waals surface area contributed by atoms with Crippen molar-refractivity contribution in [3.05, 3.63) is 51.9 Å². The standard InChI is InChI=1S/C15H12N2O4S/c1-9-11(7-16)13(22-12(9)14(18)19)17-15(20)21-8-10-5-3-2-4-6-10/h2-6H,8H2,1H3,(H,17,20)(H,18,19). The number of ether oxygens (including phenoxy) is 1. The van der Waals surface area contributed by atoms with Crippen LogP contribution in [0.2, 0.25) is 0 Å². The maximum Gasteiger partial charge on any atom is 0.412 e. The van der Waals surface area contributed by atoms with E-state index in [4.69, 9.17) is 15.1 Å². The van der Waals surface area contributed by atoms with Gasteiger partial charge in [-0.1, -0.05) is 30.3 Å². The van der Waals surface area contributed by atoms with E-state index in [2.05, 4.69) is 5.32 Å². The zero-order valence-corrected chi connectivity index (χ0v) is 12.4. The van der Waals surface area contributed by atoms with Crippen molar-refractivity contribution in [3.8, 4) is 6.07 Å². The third kappa shape index (κ3) is 3.42. The van der Waals surface area contributed by atoms with Gasteiger partial charge in [0.15, 0.2) is 0 Å². The van der Waals surface area contributed by atoms with E-state index in [0.29, 0.717) is 5.56 Å². The average Bonchev–Trinajstić information content (AvgIpc) is 2.82. The van der Waals surface area contributed by atoms with Gasteiger partial charge in [0.25, 0.3) is 0 Å². The molecule has 0 saturated heterocycles. The van der Waals surface area contributed by atoms with Crippen LogP contribution in [-0.2, 0) is 11.3 Å². The van der Waals surface area contributed by atoms with Crippen LogP contribution in [-0.4, -0.2) is 17.2 Å². The van der Waals surface area contributed by atoms with Crippen LogP contribution in [0, 0.1) is 18.3 Å². The number of nitrogens with one attached hydrogen (secondary N) is 1. The number of nitrogens with zero attached hydrogens (tertiary/aromatic N) is 1. The molecule has 0 fully saturated rings. The van der Waals surface area contributed by atoms with Crippen molar-refractivity contribution in [2.45, 2.75) is 13.5 Å². The fourth-order valence-corrected chi connectivity index (χ4v) is 2.77. The van der Waals surface area contributed by atoms with Gasteiger partial charge in [0.05, 0.1) is 5.56 Å². The lowest BCUT2D eigenvalue weighted by Gasteiger charge is -2.05. The van der Waals surface area contributed by atoms with Gasteiger partial charge in [-0.05, 0) is 18.1 Å². The number of hydrogen-bond donors (Lipinski definition) is 2. The average molecular weight is 316 g/mol. The maximum absolute atomic E-state index is 11.8. The van der Waals surface area contributed by atoms with Gasteiger partial charge in [0.1, 0.15) is 22.6 Å². The largest absolute Gasteiger partial charge is 0.477 e. The third-order valence-electron chi connectivity index (χ3n) is 2.88. The first kappa shape index (κ1) is 15.5. The summed E-state index contributed by atoms with van der Waals surface area (Å²) in [4.78, 5) is 22.8. The first-order valence-electron chi connectivity index (χ1n) is 6.27. The molecule has 0 aliphatic rings. The van der Waals surface area contributed by atoms with Gasteiger partial charge in [-0.25, -0.2) is 9.59 Å². The Labute approximate surface area is 130 Å². The van der Waals surface area contributed by atoms with E-state index < -0.39 is 12.1 Å². The van der Waals surface area contributed by atoms with E-state index in [9.17, 15) is 9.59 Å². The molecule has 1 heterocycles. The number of carboxylic acid groups (broad SMARTS) is 1. The highest BCUT2D eigenvalue weighted by atomic mass is 32.1. The lowest BCUT2D eigenvalue weighted by atomic mass is 10.2. The molecule has 1 aromatic heterocycles. The summed E-state index contributed by atoms with van der Waals surface area (Å²) in [5.74, 6) is -1.13. The molecule has 0 bridgehead atoms. The highest BCUT2D eigenvalue weighted by Gasteiger charge is 2.21. The molecule has 0 spiro atoms. The van der Waals surface area contributed by atoms with E-state index in [1.165, 1.54) is 6.92 Å². The Morgan fingerprint density at radius 2 is 2.05 bits per heavy atom. The maximum atomic E-state index is 11.8. The molecule has 0 atom stereocenters. The minimum absolute atomic E-state index is 0.0231. The van der Waals surface area contributed by atoms with Crippen molar-refractivity contribution in [2.24, 2.45) is 0 Å². The van der Waals surface area contributed by atoms with Gasteiger partial charge in [0, 0.05) is 0 Å². The molecule has 1 amide bonds. The van der Waals surface area contributed by atoms with Crippen molar-refractivity contribution in [3.63, 3.8) is 0 Å². The number of carbonyl (C=O) groups is 2. The number of benzene rings is 1. The van der Waals surface area contributed by atoms with Gasteiger partial charge in [0.2, 0.25) is 0 Å². The molecule has 7 heteroatoms. The number of carbonyl (C=O) groups excluding carboxylic acids is 1. The SMILES string of the molecule is Cc1c(C(=O)O)sc(NC(=O)OCc2ccccc2)c1C#N. The number of hydrogen-bond acceptors (Lipinski definition) is 5. The van der Waals surface area contributed by atoms with Crippen molar-refractivity contribution in [1.29, 1.82) is 5.26 Å². The van der Waals surface area contributed by atoms with Gasteiger partial charge < -0.3 is 9.84 Å². The molecule has 0 unspecified atom stereocenters. The van der Waals surface area contributed by atoms with Gasteiger partial charge in [-0.2, -0.15) is 5.26 Å². The molecule has 1 aromatic carbocycles. The van der Waals surface area contributed by atoms with Gasteiger partial charge >= 0.3 is 12.1 Å². The second-order valence-corrected chi connectivity index (χ2v) is 5.38. The molecular weight excluding hydrogens is 304 g/mol. The molecule has 0 saturated carbocycles. The Balaban J connectivity index is 2.07. The predicted molar refractivity (Wildman–Crippen MR) is 81.0 cm³/mol. The summed E-state index contributed by atoms with van der Waals surface area (Å²) < 4.78 is 5.04. The zero-order valence-electron chi connectivity index (χ0n) is 11.6. The molecule has 2 aromatic rings. The highest BCUT2D eigenvalue weighted by Crippen LogP contribution is 2.32. The lowest BCUT2D eigenvalue weighted by Crippen LogP contribution is -2.13. The van der Waals surface area contributed by atoms with Crippen LogP contribution in [0.5, 0.6) is 0 Å². The fraction of sp³-hybridized carbons (Fsp3) is 0.133. The minimum Gasteiger partial charge on any atom is -0.477 e. The molecule has 6 nitrogen and oxygen atoms in total.